The maximum absolute atomic E-state index is 9.05. The Kier molecular flexibility index (Phi) is 2.94. The molecule has 0 amide bonds. The second kappa shape index (κ2) is 4.28. The van der Waals surface area contributed by atoms with Crippen LogP contribution >= 0.6 is 0 Å². The van der Waals surface area contributed by atoms with Crippen LogP contribution in [0.2, 0.25) is 0 Å². The molecule has 3 nitrogen and oxygen atoms in total. The fraction of sp³-hybridized carbons (Fsp3) is 1.00. The molecule has 92 valence electrons. The summed E-state index contributed by atoms with van der Waals surface area (Å²) in [5.74, 6) is 0.926. The second-order valence-electron chi connectivity index (χ2n) is 6.10. The van der Waals surface area contributed by atoms with Gasteiger partial charge in [0.25, 0.3) is 0 Å². The molecule has 4 aliphatic rings. The number of rotatable bonds is 5. The lowest BCUT2D eigenvalue weighted by Gasteiger charge is -2.45. The van der Waals surface area contributed by atoms with Crippen LogP contribution in [0.25, 0.3) is 0 Å². The summed E-state index contributed by atoms with van der Waals surface area (Å²) in [4.78, 5) is 2.60. The zero-order valence-electron chi connectivity index (χ0n) is 10.1. The Hall–Kier alpha value is -0.120. The summed E-state index contributed by atoms with van der Waals surface area (Å²) in [6.07, 6.45) is 6.43. The van der Waals surface area contributed by atoms with Crippen LogP contribution in [0.3, 0.4) is 0 Å². The van der Waals surface area contributed by atoms with Gasteiger partial charge in [-0.05, 0) is 56.5 Å². The summed E-state index contributed by atoms with van der Waals surface area (Å²) in [5, 5.41) is 12.8. The van der Waals surface area contributed by atoms with E-state index in [4.69, 9.17) is 5.11 Å². The predicted molar refractivity (Wildman–Crippen MR) is 64.3 cm³/mol. The van der Waals surface area contributed by atoms with E-state index in [0.29, 0.717) is 12.0 Å². The molecule has 1 atom stereocenters. The van der Waals surface area contributed by atoms with Gasteiger partial charge in [-0.3, -0.25) is 0 Å². The van der Waals surface area contributed by atoms with Crippen LogP contribution in [0, 0.1) is 11.3 Å². The number of nitrogens with one attached hydrogen (secondary N) is 1. The van der Waals surface area contributed by atoms with Crippen molar-refractivity contribution in [1.82, 2.24) is 10.2 Å². The number of fused-ring (bicyclic) bond motifs is 3. The van der Waals surface area contributed by atoms with Gasteiger partial charge in [-0.1, -0.05) is 0 Å². The fourth-order valence-electron chi connectivity index (χ4n) is 3.47. The van der Waals surface area contributed by atoms with Crippen molar-refractivity contribution in [1.29, 1.82) is 0 Å². The second-order valence-corrected chi connectivity index (χ2v) is 6.10. The molecule has 4 rings (SSSR count). The van der Waals surface area contributed by atoms with E-state index < -0.39 is 0 Å². The molecule has 1 unspecified atom stereocenters. The van der Waals surface area contributed by atoms with E-state index in [-0.39, 0.29) is 0 Å². The first-order valence-corrected chi connectivity index (χ1v) is 6.88. The Morgan fingerprint density at radius 1 is 1.25 bits per heavy atom. The van der Waals surface area contributed by atoms with Gasteiger partial charge in [0.05, 0.1) is 0 Å². The molecule has 0 spiro atoms. The van der Waals surface area contributed by atoms with Gasteiger partial charge in [0, 0.05) is 25.7 Å². The first-order chi connectivity index (χ1) is 7.81. The molecular formula is C13H24N2O. The standard InChI is InChI=1S/C13H24N2O/c16-8-5-13(3-4-13)10-14-12-9-15-6-1-11(12)2-7-15/h11-12,14,16H,1-10H2. The van der Waals surface area contributed by atoms with E-state index in [0.717, 1.165) is 24.9 Å². The third-order valence-electron chi connectivity index (χ3n) is 4.99. The molecule has 3 heterocycles. The highest BCUT2D eigenvalue weighted by molar-refractivity contribution is 4.98. The van der Waals surface area contributed by atoms with E-state index in [1.807, 2.05) is 0 Å². The molecule has 2 bridgehead atoms. The Bertz CT molecular complexity index is 244. The number of aliphatic hydroxyl groups excluding tert-OH is 1. The topological polar surface area (TPSA) is 35.5 Å². The van der Waals surface area contributed by atoms with Crippen molar-refractivity contribution < 1.29 is 5.11 Å². The Morgan fingerprint density at radius 3 is 2.50 bits per heavy atom. The third-order valence-corrected chi connectivity index (χ3v) is 4.99. The van der Waals surface area contributed by atoms with Crippen molar-refractivity contribution in [2.45, 2.75) is 38.1 Å². The Balaban J connectivity index is 1.48. The minimum atomic E-state index is 0.363. The van der Waals surface area contributed by atoms with Gasteiger partial charge >= 0.3 is 0 Å². The molecule has 1 saturated carbocycles. The number of hydrogen-bond donors (Lipinski definition) is 2. The van der Waals surface area contributed by atoms with Crippen molar-refractivity contribution in [3.8, 4) is 0 Å². The number of hydrogen-bond acceptors (Lipinski definition) is 3. The first-order valence-electron chi connectivity index (χ1n) is 6.88. The van der Waals surface area contributed by atoms with Gasteiger partial charge in [-0.25, -0.2) is 0 Å². The highest BCUT2D eigenvalue weighted by Crippen LogP contribution is 2.48. The van der Waals surface area contributed by atoms with Crippen LogP contribution in [0.4, 0.5) is 0 Å². The average molecular weight is 224 g/mol. The molecule has 1 aliphatic carbocycles. The van der Waals surface area contributed by atoms with Crippen molar-refractivity contribution in [3.05, 3.63) is 0 Å². The van der Waals surface area contributed by atoms with Crippen LogP contribution in [-0.2, 0) is 0 Å². The van der Waals surface area contributed by atoms with E-state index >= 15 is 0 Å². The smallest absolute Gasteiger partial charge is 0.0436 e. The molecule has 3 heteroatoms. The highest BCUT2D eigenvalue weighted by atomic mass is 16.3. The minimum Gasteiger partial charge on any atom is -0.396 e. The summed E-state index contributed by atoms with van der Waals surface area (Å²) in [6.45, 7) is 5.42. The van der Waals surface area contributed by atoms with Crippen molar-refractivity contribution >= 4 is 0 Å². The highest BCUT2D eigenvalue weighted by Gasteiger charge is 2.43. The Labute approximate surface area is 98.2 Å². The summed E-state index contributed by atoms with van der Waals surface area (Å²) in [5.41, 5.74) is 0.473. The van der Waals surface area contributed by atoms with E-state index in [1.54, 1.807) is 0 Å². The largest absolute Gasteiger partial charge is 0.396 e. The van der Waals surface area contributed by atoms with E-state index in [9.17, 15) is 0 Å². The summed E-state index contributed by atoms with van der Waals surface area (Å²) in [7, 11) is 0. The Morgan fingerprint density at radius 2 is 2.00 bits per heavy atom. The number of aliphatic hydroxyl groups is 1. The summed E-state index contributed by atoms with van der Waals surface area (Å²) < 4.78 is 0. The molecule has 0 radical (unpaired) electrons. The molecular weight excluding hydrogens is 200 g/mol. The number of piperidine rings is 3. The molecule has 4 fully saturated rings. The van der Waals surface area contributed by atoms with Gasteiger partial charge in [-0.15, -0.1) is 0 Å². The first kappa shape index (κ1) is 11.0. The van der Waals surface area contributed by atoms with Gasteiger partial charge < -0.3 is 15.3 Å². The molecule has 0 aromatic carbocycles. The fourth-order valence-corrected chi connectivity index (χ4v) is 3.47. The summed E-state index contributed by atoms with van der Waals surface area (Å²) in [6, 6.07) is 0.735. The van der Waals surface area contributed by atoms with Crippen LogP contribution in [0.5, 0.6) is 0 Å². The van der Waals surface area contributed by atoms with Crippen LogP contribution in [-0.4, -0.2) is 48.8 Å². The molecule has 3 saturated heterocycles. The summed E-state index contributed by atoms with van der Waals surface area (Å²) >= 11 is 0. The lowest BCUT2D eigenvalue weighted by Crippen LogP contribution is -2.56. The third kappa shape index (κ3) is 2.13. The lowest BCUT2D eigenvalue weighted by molar-refractivity contribution is 0.0691. The lowest BCUT2D eigenvalue weighted by atomic mass is 9.83. The molecule has 16 heavy (non-hydrogen) atoms. The zero-order valence-corrected chi connectivity index (χ0v) is 10.1. The van der Waals surface area contributed by atoms with Gasteiger partial charge in [0.2, 0.25) is 0 Å². The van der Waals surface area contributed by atoms with E-state index in [1.165, 1.54) is 45.3 Å². The normalized spacial score (nSPS) is 39.9. The molecule has 0 aromatic rings. The van der Waals surface area contributed by atoms with E-state index in [2.05, 4.69) is 10.2 Å². The van der Waals surface area contributed by atoms with Gasteiger partial charge in [-0.2, -0.15) is 0 Å². The molecule has 2 N–H and O–H groups in total. The SMILES string of the molecule is OCCC1(CNC2CN3CCC2CC3)CC1. The zero-order chi connectivity index (χ0) is 11.0. The minimum absolute atomic E-state index is 0.363. The monoisotopic (exact) mass is 224 g/mol. The average Bonchev–Trinajstić information content (AvgIpc) is 3.09. The van der Waals surface area contributed by atoms with Crippen molar-refractivity contribution in [2.75, 3.05) is 32.8 Å². The maximum atomic E-state index is 9.05. The van der Waals surface area contributed by atoms with Crippen LogP contribution < -0.4 is 5.32 Å². The van der Waals surface area contributed by atoms with Crippen molar-refractivity contribution in [3.63, 3.8) is 0 Å². The van der Waals surface area contributed by atoms with Crippen LogP contribution in [0.15, 0.2) is 0 Å². The maximum Gasteiger partial charge on any atom is 0.0436 e. The van der Waals surface area contributed by atoms with Gasteiger partial charge in [0.1, 0.15) is 0 Å². The number of nitrogens with zero attached hydrogens (tertiary/aromatic N) is 1. The molecule has 3 aliphatic heterocycles. The van der Waals surface area contributed by atoms with Crippen molar-refractivity contribution in [2.24, 2.45) is 11.3 Å². The van der Waals surface area contributed by atoms with Crippen LogP contribution in [0.1, 0.15) is 32.1 Å². The molecule has 0 aromatic heterocycles. The predicted octanol–water partition coefficient (Wildman–Crippen LogP) is 0.833. The quantitative estimate of drug-likeness (QED) is 0.726. The van der Waals surface area contributed by atoms with Gasteiger partial charge in [0.15, 0.2) is 0 Å².